The smallest absolute Gasteiger partial charge is 0.0542 e. The second-order valence-corrected chi connectivity index (χ2v) is 3.09. The molecule has 0 radical (unpaired) electrons. The number of aliphatic hydroxyl groups excluding tert-OH is 1. The first-order valence-electron chi connectivity index (χ1n) is 4.01. The molecule has 0 bridgehead atoms. The molecule has 1 rings (SSSR count). The molecular weight excluding hydrogens is 112 g/mol. The van der Waals surface area contributed by atoms with Crippen molar-refractivity contribution in [2.75, 3.05) is 0 Å². The molecule has 0 amide bonds. The highest BCUT2D eigenvalue weighted by molar-refractivity contribution is 4.70. The van der Waals surface area contributed by atoms with Crippen LogP contribution in [0.3, 0.4) is 0 Å². The van der Waals surface area contributed by atoms with Crippen molar-refractivity contribution in [1.29, 1.82) is 0 Å². The van der Waals surface area contributed by atoms with Gasteiger partial charge in [-0.15, -0.1) is 0 Å². The molecule has 1 N–H and O–H groups in total. The maximum Gasteiger partial charge on any atom is 0.0542 e. The van der Waals surface area contributed by atoms with E-state index in [-0.39, 0.29) is 6.10 Å². The molecule has 1 aliphatic carbocycles. The summed E-state index contributed by atoms with van der Waals surface area (Å²) >= 11 is 0. The third-order valence-corrected chi connectivity index (χ3v) is 2.33. The molecule has 9 heavy (non-hydrogen) atoms. The van der Waals surface area contributed by atoms with E-state index in [0.717, 1.165) is 18.8 Å². The fraction of sp³-hybridized carbons (Fsp3) is 1.00. The lowest BCUT2D eigenvalue weighted by Gasteiger charge is -2.24. The topological polar surface area (TPSA) is 20.2 Å². The summed E-state index contributed by atoms with van der Waals surface area (Å²) in [6.45, 7) is 2.21. The Morgan fingerprint density at radius 3 is 2.67 bits per heavy atom. The molecule has 1 heteroatoms. The van der Waals surface area contributed by atoms with Crippen molar-refractivity contribution in [1.82, 2.24) is 0 Å². The van der Waals surface area contributed by atoms with Crippen molar-refractivity contribution in [2.45, 2.75) is 45.1 Å². The van der Waals surface area contributed by atoms with Gasteiger partial charge in [0, 0.05) is 0 Å². The minimum absolute atomic E-state index is 0.0173. The zero-order chi connectivity index (χ0) is 6.69. The van der Waals surface area contributed by atoms with Crippen molar-refractivity contribution < 1.29 is 5.11 Å². The Bertz CT molecular complexity index is 80.6. The van der Waals surface area contributed by atoms with Crippen LogP contribution in [0.4, 0.5) is 0 Å². The summed E-state index contributed by atoms with van der Waals surface area (Å²) in [7, 11) is 0. The lowest BCUT2D eigenvalue weighted by atomic mass is 9.86. The van der Waals surface area contributed by atoms with E-state index in [1.807, 2.05) is 0 Å². The minimum Gasteiger partial charge on any atom is -0.393 e. The average molecular weight is 128 g/mol. The molecular formula is C8H16O. The van der Waals surface area contributed by atoms with Gasteiger partial charge in [0.1, 0.15) is 0 Å². The van der Waals surface area contributed by atoms with Crippen molar-refractivity contribution in [2.24, 2.45) is 5.92 Å². The van der Waals surface area contributed by atoms with Crippen LogP contribution in [-0.2, 0) is 0 Å². The van der Waals surface area contributed by atoms with Gasteiger partial charge in [0.2, 0.25) is 0 Å². The van der Waals surface area contributed by atoms with Crippen molar-refractivity contribution in [3.05, 3.63) is 0 Å². The summed E-state index contributed by atoms with van der Waals surface area (Å²) in [4.78, 5) is 0. The Morgan fingerprint density at radius 2 is 2.22 bits per heavy atom. The van der Waals surface area contributed by atoms with Crippen molar-refractivity contribution in [3.63, 3.8) is 0 Å². The van der Waals surface area contributed by atoms with Gasteiger partial charge in [-0.25, -0.2) is 0 Å². The van der Waals surface area contributed by atoms with E-state index in [4.69, 9.17) is 0 Å². The van der Waals surface area contributed by atoms with Crippen LogP contribution in [0.15, 0.2) is 0 Å². The van der Waals surface area contributed by atoms with Crippen LogP contribution in [0.2, 0.25) is 0 Å². The van der Waals surface area contributed by atoms with Gasteiger partial charge in [-0.05, 0) is 18.8 Å². The summed E-state index contributed by atoms with van der Waals surface area (Å²) in [6, 6.07) is 0. The molecule has 0 aromatic heterocycles. The molecule has 0 aromatic rings. The molecule has 0 spiro atoms. The summed E-state index contributed by atoms with van der Waals surface area (Å²) in [5, 5.41) is 9.21. The van der Waals surface area contributed by atoms with Gasteiger partial charge in [-0.3, -0.25) is 0 Å². The fourth-order valence-electron chi connectivity index (χ4n) is 1.63. The molecule has 1 fully saturated rings. The first-order chi connectivity index (χ1) is 4.33. The Morgan fingerprint density at radius 1 is 1.44 bits per heavy atom. The van der Waals surface area contributed by atoms with Gasteiger partial charge < -0.3 is 5.11 Å². The predicted molar refractivity (Wildman–Crippen MR) is 38.3 cm³/mol. The van der Waals surface area contributed by atoms with E-state index in [0.29, 0.717) is 0 Å². The molecule has 0 unspecified atom stereocenters. The fourth-order valence-corrected chi connectivity index (χ4v) is 1.63. The lowest BCUT2D eigenvalue weighted by molar-refractivity contribution is 0.0998. The number of hydrogen-bond donors (Lipinski definition) is 1. The van der Waals surface area contributed by atoms with Crippen LogP contribution in [0.25, 0.3) is 0 Å². The van der Waals surface area contributed by atoms with Gasteiger partial charge >= 0.3 is 0 Å². The standard InChI is InChI=1S/C8H16O/c1-2-7-4-3-5-8(9)6-7/h7-9H,2-6H2,1H3/t7-,8-/m0/s1. The van der Waals surface area contributed by atoms with Gasteiger partial charge in [-0.2, -0.15) is 0 Å². The van der Waals surface area contributed by atoms with Gasteiger partial charge in [-0.1, -0.05) is 26.2 Å². The van der Waals surface area contributed by atoms with Crippen LogP contribution in [0.5, 0.6) is 0 Å². The van der Waals surface area contributed by atoms with E-state index >= 15 is 0 Å². The average Bonchev–Trinajstić information content (AvgIpc) is 1.88. The molecule has 0 aliphatic heterocycles. The molecule has 0 heterocycles. The van der Waals surface area contributed by atoms with Gasteiger partial charge in [0.25, 0.3) is 0 Å². The second-order valence-electron chi connectivity index (χ2n) is 3.09. The van der Waals surface area contributed by atoms with Crippen LogP contribution < -0.4 is 0 Å². The number of rotatable bonds is 1. The normalized spacial score (nSPS) is 36.7. The van der Waals surface area contributed by atoms with Crippen molar-refractivity contribution >= 4 is 0 Å². The Hall–Kier alpha value is -0.0400. The predicted octanol–water partition coefficient (Wildman–Crippen LogP) is 1.95. The van der Waals surface area contributed by atoms with E-state index in [9.17, 15) is 5.11 Å². The molecule has 0 saturated heterocycles. The van der Waals surface area contributed by atoms with Crippen LogP contribution >= 0.6 is 0 Å². The molecule has 1 saturated carbocycles. The van der Waals surface area contributed by atoms with Gasteiger partial charge in [0.15, 0.2) is 0 Å². The number of aliphatic hydroxyl groups is 1. The quantitative estimate of drug-likeness (QED) is 0.572. The Kier molecular flexibility index (Phi) is 2.52. The van der Waals surface area contributed by atoms with E-state index < -0.39 is 0 Å². The molecule has 54 valence electrons. The highest BCUT2D eigenvalue weighted by Gasteiger charge is 2.17. The van der Waals surface area contributed by atoms with E-state index in [1.165, 1.54) is 19.3 Å². The largest absolute Gasteiger partial charge is 0.393 e. The first-order valence-corrected chi connectivity index (χ1v) is 4.01. The Balaban J connectivity index is 2.23. The van der Waals surface area contributed by atoms with Crippen LogP contribution in [-0.4, -0.2) is 11.2 Å². The molecule has 1 aliphatic rings. The summed E-state index contributed by atoms with van der Waals surface area (Å²) in [6.07, 6.45) is 5.93. The SMILES string of the molecule is CC[C@H]1CCC[C@H](O)C1. The maximum absolute atomic E-state index is 9.21. The summed E-state index contributed by atoms with van der Waals surface area (Å²) in [5.74, 6) is 0.814. The zero-order valence-electron chi connectivity index (χ0n) is 6.14. The summed E-state index contributed by atoms with van der Waals surface area (Å²) < 4.78 is 0. The monoisotopic (exact) mass is 128 g/mol. The number of hydrogen-bond acceptors (Lipinski definition) is 1. The van der Waals surface area contributed by atoms with Crippen LogP contribution in [0.1, 0.15) is 39.0 Å². The van der Waals surface area contributed by atoms with Crippen LogP contribution in [0, 0.1) is 5.92 Å². The first kappa shape index (κ1) is 7.07. The highest BCUT2D eigenvalue weighted by atomic mass is 16.3. The molecule has 0 aromatic carbocycles. The summed E-state index contributed by atoms with van der Waals surface area (Å²) in [5.41, 5.74) is 0. The third-order valence-electron chi connectivity index (χ3n) is 2.33. The maximum atomic E-state index is 9.21. The molecule has 1 nitrogen and oxygen atoms in total. The highest BCUT2D eigenvalue weighted by Crippen LogP contribution is 2.25. The van der Waals surface area contributed by atoms with Crippen molar-refractivity contribution in [3.8, 4) is 0 Å². The Labute approximate surface area is 57.1 Å². The second kappa shape index (κ2) is 3.21. The van der Waals surface area contributed by atoms with E-state index in [1.54, 1.807) is 0 Å². The minimum atomic E-state index is 0.0173. The zero-order valence-corrected chi connectivity index (χ0v) is 6.14. The van der Waals surface area contributed by atoms with Gasteiger partial charge in [0.05, 0.1) is 6.10 Å². The lowest BCUT2D eigenvalue weighted by Crippen LogP contribution is -2.18. The molecule has 2 atom stereocenters. The van der Waals surface area contributed by atoms with E-state index in [2.05, 4.69) is 6.92 Å². The third kappa shape index (κ3) is 1.98.